The van der Waals surface area contributed by atoms with E-state index in [1.807, 2.05) is 0 Å². The van der Waals surface area contributed by atoms with Crippen molar-refractivity contribution >= 4 is 0 Å². The normalized spacial score (nSPS) is 43.4. The van der Waals surface area contributed by atoms with Gasteiger partial charge in [-0.3, -0.25) is 0 Å². The van der Waals surface area contributed by atoms with Crippen LogP contribution in [0.25, 0.3) is 0 Å². The third-order valence-electron chi connectivity index (χ3n) is 3.75. The molecule has 1 N–H and O–H groups in total. The van der Waals surface area contributed by atoms with Crippen molar-refractivity contribution in [2.24, 2.45) is 5.92 Å². The summed E-state index contributed by atoms with van der Waals surface area (Å²) in [4.78, 5) is 0. The van der Waals surface area contributed by atoms with Crippen LogP contribution in [0, 0.1) is 5.92 Å². The summed E-state index contributed by atoms with van der Waals surface area (Å²) < 4.78 is 11.3. The lowest BCUT2D eigenvalue weighted by atomic mass is 9.74. The first kappa shape index (κ1) is 11.4. The van der Waals surface area contributed by atoms with Gasteiger partial charge < -0.3 is 14.6 Å². The Morgan fingerprint density at radius 3 is 2.27 bits per heavy atom. The highest BCUT2D eigenvalue weighted by atomic mass is 16.5. The molecule has 2 aliphatic rings. The lowest BCUT2D eigenvalue weighted by Crippen LogP contribution is -2.47. The zero-order valence-electron chi connectivity index (χ0n) is 10.2. The van der Waals surface area contributed by atoms with Gasteiger partial charge in [-0.1, -0.05) is 0 Å². The van der Waals surface area contributed by atoms with Crippen molar-refractivity contribution in [3.05, 3.63) is 0 Å². The molecular formula is C12H22O3. The van der Waals surface area contributed by atoms with E-state index < -0.39 is 5.60 Å². The van der Waals surface area contributed by atoms with E-state index >= 15 is 0 Å². The molecule has 2 unspecified atom stereocenters. The summed E-state index contributed by atoms with van der Waals surface area (Å²) in [6.45, 7) is 9.46. The number of hydrogen-bond donors (Lipinski definition) is 1. The van der Waals surface area contributed by atoms with E-state index in [4.69, 9.17) is 9.47 Å². The molecule has 0 spiro atoms. The second-order valence-electron chi connectivity index (χ2n) is 6.13. The summed E-state index contributed by atoms with van der Waals surface area (Å²) in [7, 11) is 0. The lowest BCUT2D eigenvalue weighted by Gasteiger charge is -2.36. The molecule has 0 amide bonds. The highest BCUT2D eigenvalue weighted by molar-refractivity contribution is 5.05. The molecule has 0 radical (unpaired) electrons. The molecule has 2 heterocycles. The molecular weight excluding hydrogens is 192 g/mol. The quantitative estimate of drug-likeness (QED) is 0.722. The van der Waals surface area contributed by atoms with E-state index in [2.05, 4.69) is 27.7 Å². The highest BCUT2D eigenvalue weighted by Crippen LogP contribution is 2.49. The zero-order chi connectivity index (χ0) is 11.3. The standard InChI is InChI=1S/C12H22O3/c1-10(2)7-9(11(3,4)15-10)12(13)5-6-14-8-12/h9,13H,5-8H2,1-4H3. The summed E-state index contributed by atoms with van der Waals surface area (Å²) in [5.74, 6) is 0.169. The van der Waals surface area contributed by atoms with Crippen LogP contribution in [0.5, 0.6) is 0 Å². The molecule has 0 aromatic rings. The predicted molar refractivity (Wildman–Crippen MR) is 57.7 cm³/mol. The fraction of sp³-hybridized carbons (Fsp3) is 1.00. The molecule has 88 valence electrons. The Bertz CT molecular complexity index is 252. The van der Waals surface area contributed by atoms with Gasteiger partial charge in [0.15, 0.2) is 0 Å². The van der Waals surface area contributed by atoms with Crippen LogP contribution in [0.3, 0.4) is 0 Å². The summed E-state index contributed by atoms with van der Waals surface area (Å²) in [6, 6.07) is 0. The van der Waals surface area contributed by atoms with Crippen LogP contribution < -0.4 is 0 Å². The summed E-state index contributed by atoms with van der Waals surface area (Å²) in [5.41, 5.74) is -1.07. The van der Waals surface area contributed by atoms with Crippen molar-refractivity contribution in [1.82, 2.24) is 0 Å². The Morgan fingerprint density at radius 2 is 1.87 bits per heavy atom. The van der Waals surface area contributed by atoms with E-state index in [0.29, 0.717) is 13.2 Å². The van der Waals surface area contributed by atoms with Crippen molar-refractivity contribution in [3.63, 3.8) is 0 Å². The van der Waals surface area contributed by atoms with Crippen LogP contribution in [-0.2, 0) is 9.47 Å². The maximum Gasteiger partial charge on any atom is 0.0958 e. The van der Waals surface area contributed by atoms with Crippen molar-refractivity contribution in [2.75, 3.05) is 13.2 Å². The molecule has 0 bridgehead atoms. The third-order valence-corrected chi connectivity index (χ3v) is 3.75. The number of ether oxygens (including phenoxy) is 2. The van der Waals surface area contributed by atoms with Crippen molar-refractivity contribution < 1.29 is 14.6 Å². The second-order valence-corrected chi connectivity index (χ2v) is 6.13. The zero-order valence-corrected chi connectivity index (χ0v) is 10.2. The average Bonchev–Trinajstić information content (AvgIpc) is 2.54. The van der Waals surface area contributed by atoms with Crippen molar-refractivity contribution in [2.45, 2.75) is 57.3 Å². The van der Waals surface area contributed by atoms with Crippen LogP contribution in [-0.4, -0.2) is 35.1 Å². The van der Waals surface area contributed by atoms with Gasteiger partial charge in [-0.25, -0.2) is 0 Å². The Balaban J connectivity index is 2.22. The smallest absolute Gasteiger partial charge is 0.0958 e. The minimum atomic E-state index is -0.683. The molecule has 0 saturated carbocycles. The number of hydrogen-bond acceptors (Lipinski definition) is 3. The average molecular weight is 214 g/mol. The molecule has 2 atom stereocenters. The van der Waals surface area contributed by atoms with Gasteiger partial charge in [-0.2, -0.15) is 0 Å². The Kier molecular flexibility index (Phi) is 2.42. The van der Waals surface area contributed by atoms with Crippen LogP contribution in [0.15, 0.2) is 0 Å². The number of aliphatic hydroxyl groups is 1. The van der Waals surface area contributed by atoms with E-state index in [1.54, 1.807) is 0 Å². The summed E-state index contributed by atoms with van der Waals surface area (Å²) >= 11 is 0. The second kappa shape index (κ2) is 3.19. The molecule has 2 rings (SSSR count). The Labute approximate surface area is 91.8 Å². The van der Waals surface area contributed by atoms with Crippen LogP contribution in [0.4, 0.5) is 0 Å². The third kappa shape index (κ3) is 1.93. The van der Waals surface area contributed by atoms with E-state index in [9.17, 15) is 5.11 Å². The van der Waals surface area contributed by atoms with E-state index in [1.165, 1.54) is 0 Å². The topological polar surface area (TPSA) is 38.7 Å². The van der Waals surface area contributed by atoms with Gasteiger partial charge in [0.1, 0.15) is 0 Å². The maximum atomic E-state index is 10.6. The fourth-order valence-electron chi connectivity index (χ4n) is 3.24. The van der Waals surface area contributed by atoms with Crippen LogP contribution >= 0.6 is 0 Å². The van der Waals surface area contributed by atoms with Gasteiger partial charge in [0.05, 0.1) is 23.4 Å². The Hall–Kier alpha value is -0.120. The first-order valence-corrected chi connectivity index (χ1v) is 5.76. The molecule has 2 fully saturated rings. The monoisotopic (exact) mass is 214 g/mol. The minimum absolute atomic E-state index is 0.132. The molecule has 2 saturated heterocycles. The molecule has 15 heavy (non-hydrogen) atoms. The predicted octanol–water partition coefficient (Wildman–Crippen LogP) is 1.73. The first-order valence-electron chi connectivity index (χ1n) is 5.76. The van der Waals surface area contributed by atoms with Gasteiger partial charge >= 0.3 is 0 Å². The molecule has 0 aromatic heterocycles. The maximum absolute atomic E-state index is 10.6. The molecule has 3 nitrogen and oxygen atoms in total. The fourth-order valence-corrected chi connectivity index (χ4v) is 3.24. The van der Waals surface area contributed by atoms with Crippen molar-refractivity contribution in [1.29, 1.82) is 0 Å². The van der Waals surface area contributed by atoms with E-state index in [-0.39, 0.29) is 17.1 Å². The molecule has 0 aliphatic carbocycles. The summed E-state index contributed by atoms with van der Waals surface area (Å²) in [6.07, 6.45) is 1.64. The van der Waals surface area contributed by atoms with Gasteiger partial charge in [-0.15, -0.1) is 0 Å². The van der Waals surface area contributed by atoms with Gasteiger partial charge in [-0.05, 0) is 34.1 Å². The van der Waals surface area contributed by atoms with Crippen LogP contribution in [0.2, 0.25) is 0 Å². The number of rotatable bonds is 1. The van der Waals surface area contributed by atoms with Gasteiger partial charge in [0.25, 0.3) is 0 Å². The molecule has 2 aliphatic heterocycles. The molecule has 3 heteroatoms. The lowest BCUT2D eigenvalue weighted by molar-refractivity contribution is -0.113. The highest BCUT2D eigenvalue weighted by Gasteiger charge is 2.56. The van der Waals surface area contributed by atoms with Gasteiger partial charge in [0.2, 0.25) is 0 Å². The minimum Gasteiger partial charge on any atom is -0.387 e. The van der Waals surface area contributed by atoms with Crippen LogP contribution in [0.1, 0.15) is 40.5 Å². The molecule has 0 aromatic carbocycles. The van der Waals surface area contributed by atoms with E-state index in [0.717, 1.165) is 12.8 Å². The SMILES string of the molecule is CC1(C)CC(C2(O)CCOC2)C(C)(C)O1. The Morgan fingerprint density at radius 1 is 1.20 bits per heavy atom. The largest absolute Gasteiger partial charge is 0.387 e. The summed E-state index contributed by atoms with van der Waals surface area (Å²) in [5, 5.41) is 10.6. The van der Waals surface area contributed by atoms with Gasteiger partial charge in [0, 0.05) is 18.9 Å². The first-order chi connectivity index (χ1) is 6.75. The van der Waals surface area contributed by atoms with Crippen molar-refractivity contribution in [3.8, 4) is 0 Å².